The number of methoxy groups -OCH3 is 3. The van der Waals surface area contributed by atoms with E-state index in [0.29, 0.717) is 38.4 Å². The Hall–Kier alpha value is -2.91. The van der Waals surface area contributed by atoms with Gasteiger partial charge in [-0.25, -0.2) is 0 Å². The number of carbonyl (C=O) groups excluding carboxylic acids is 2. The van der Waals surface area contributed by atoms with Crippen molar-refractivity contribution < 1.29 is 43.9 Å². The molecule has 0 heterocycles. The van der Waals surface area contributed by atoms with Crippen LogP contribution in [0.15, 0.2) is 48.0 Å². The third-order valence-electron chi connectivity index (χ3n) is 6.74. The maximum Gasteiger partial charge on any atom is 0.248 e. The summed E-state index contributed by atoms with van der Waals surface area (Å²) < 4.78 is 23.0. The molecule has 3 unspecified atom stereocenters. The van der Waals surface area contributed by atoms with Crippen molar-refractivity contribution in [3.63, 3.8) is 0 Å². The van der Waals surface area contributed by atoms with Crippen molar-refractivity contribution in [1.29, 1.82) is 0 Å². The highest BCUT2D eigenvalue weighted by atomic mass is 127. The minimum absolute atomic E-state index is 0.0450. The monoisotopic (exact) mass is 684 g/mol. The lowest BCUT2D eigenvalue weighted by Crippen LogP contribution is -2.56. The zero-order chi connectivity index (χ0) is 29.9. The Bertz CT molecular complexity index is 1220. The van der Waals surface area contributed by atoms with Gasteiger partial charge < -0.3 is 44.5 Å². The lowest BCUT2D eigenvalue weighted by Gasteiger charge is -2.40. The number of hydrogen-bond donors (Lipinski definition) is 4. The van der Waals surface area contributed by atoms with Crippen molar-refractivity contribution in [3.8, 4) is 17.2 Å². The van der Waals surface area contributed by atoms with E-state index in [1.807, 2.05) is 46.9 Å². The van der Waals surface area contributed by atoms with Gasteiger partial charge in [-0.2, -0.15) is 0 Å². The summed E-state index contributed by atoms with van der Waals surface area (Å²) in [6.45, 7) is -0.393. The van der Waals surface area contributed by atoms with Gasteiger partial charge >= 0.3 is 0 Å². The number of para-hydroxylation sites is 1. The van der Waals surface area contributed by atoms with Crippen LogP contribution in [0.4, 0.5) is 0 Å². The molecule has 2 aromatic carbocycles. The van der Waals surface area contributed by atoms with E-state index >= 15 is 0 Å². The first-order valence-corrected chi connectivity index (χ1v) is 14.2. The summed E-state index contributed by atoms with van der Waals surface area (Å²) in [6, 6.07) is 9.99. The SMILES string of the molecule is COCC(=O)N(CCc1ccccc1OC)C1CC(C(=O)NCCO)=CC(Oc2c(I)cc(CO)cc2OC)C1O. The molecule has 3 atom stereocenters. The quantitative estimate of drug-likeness (QED) is 0.217. The summed E-state index contributed by atoms with van der Waals surface area (Å²) in [7, 11) is 4.45. The molecule has 0 fully saturated rings. The average molecular weight is 685 g/mol. The molecule has 0 radical (unpaired) electrons. The number of nitrogens with zero attached hydrogens (tertiary/aromatic N) is 1. The van der Waals surface area contributed by atoms with Gasteiger partial charge in [0.25, 0.3) is 0 Å². The number of benzene rings is 2. The predicted molar refractivity (Wildman–Crippen MR) is 159 cm³/mol. The van der Waals surface area contributed by atoms with Gasteiger partial charge in [0.05, 0.1) is 37.0 Å². The second kappa shape index (κ2) is 15.9. The summed E-state index contributed by atoms with van der Waals surface area (Å²) in [6.07, 6.45) is -0.242. The van der Waals surface area contributed by atoms with E-state index in [1.165, 1.54) is 25.2 Å². The van der Waals surface area contributed by atoms with Gasteiger partial charge in [-0.1, -0.05) is 18.2 Å². The largest absolute Gasteiger partial charge is 0.496 e. The Balaban J connectivity index is 2.00. The van der Waals surface area contributed by atoms with Gasteiger partial charge in [0.1, 0.15) is 24.6 Å². The number of aliphatic hydroxyl groups excluding tert-OH is 3. The molecule has 224 valence electrons. The van der Waals surface area contributed by atoms with Crippen LogP contribution in [0.25, 0.3) is 0 Å². The van der Waals surface area contributed by atoms with Crippen molar-refractivity contribution >= 4 is 34.4 Å². The maximum atomic E-state index is 13.3. The molecular formula is C29H37IN2O9. The number of amides is 2. The zero-order valence-corrected chi connectivity index (χ0v) is 25.5. The first-order valence-electron chi connectivity index (χ1n) is 13.1. The van der Waals surface area contributed by atoms with Crippen LogP contribution >= 0.6 is 22.6 Å². The Morgan fingerprint density at radius 3 is 2.49 bits per heavy atom. The Kier molecular flexibility index (Phi) is 12.7. The van der Waals surface area contributed by atoms with E-state index < -0.39 is 24.2 Å². The molecule has 1 aliphatic rings. The molecule has 0 aromatic heterocycles. The van der Waals surface area contributed by atoms with Crippen molar-refractivity contribution in [1.82, 2.24) is 10.2 Å². The van der Waals surface area contributed by atoms with Crippen molar-refractivity contribution in [2.45, 2.75) is 37.7 Å². The summed E-state index contributed by atoms with van der Waals surface area (Å²) in [4.78, 5) is 27.9. The van der Waals surface area contributed by atoms with Crippen LogP contribution in [0.5, 0.6) is 17.2 Å². The molecular weight excluding hydrogens is 647 g/mol. The highest BCUT2D eigenvalue weighted by Crippen LogP contribution is 2.37. The van der Waals surface area contributed by atoms with Crippen molar-refractivity contribution in [2.24, 2.45) is 0 Å². The second-order valence-corrected chi connectivity index (χ2v) is 10.5. The van der Waals surface area contributed by atoms with Crippen LogP contribution in [0.3, 0.4) is 0 Å². The van der Waals surface area contributed by atoms with Crippen molar-refractivity contribution in [2.75, 3.05) is 47.6 Å². The lowest BCUT2D eigenvalue weighted by atomic mass is 9.88. The fourth-order valence-electron chi connectivity index (χ4n) is 4.73. The smallest absolute Gasteiger partial charge is 0.248 e. The minimum atomic E-state index is -1.22. The number of nitrogens with one attached hydrogen (secondary N) is 1. The molecule has 11 nitrogen and oxygen atoms in total. The number of rotatable bonds is 14. The van der Waals surface area contributed by atoms with E-state index in [0.717, 1.165) is 5.56 Å². The molecule has 2 aromatic rings. The molecule has 0 bridgehead atoms. The Morgan fingerprint density at radius 2 is 1.83 bits per heavy atom. The van der Waals surface area contributed by atoms with E-state index in [4.69, 9.17) is 18.9 Å². The topological polar surface area (TPSA) is 147 Å². The van der Waals surface area contributed by atoms with E-state index in [-0.39, 0.29) is 45.2 Å². The van der Waals surface area contributed by atoms with Gasteiger partial charge in [-0.05, 0) is 64.4 Å². The Labute approximate surface area is 253 Å². The highest BCUT2D eigenvalue weighted by molar-refractivity contribution is 14.1. The standard InChI is InChI=1S/C29H37IN2O9/c1-38-17-26(35)32(10-8-19-6-4-5-7-23(19)39-2)22-14-20(29(37)31-9-11-33)15-24(27(22)36)41-28-21(30)12-18(16-34)13-25(28)40-3/h4-7,12-13,15,22,24,27,33-34,36H,8-11,14,16-17H2,1-3H3,(H,31,37). The number of halogens is 1. The molecule has 1 aliphatic carbocycles. The van der Waals surface area contributed by atoms with Crippen molar-refractivity contribution in [3.05, 3.63) is 62.7 Å². The molecule has 4 N–H and O–H groups in total. The van der Waals surface area contributed by atoms with Gasteiger partial charge in [0, 0.05) is 32.2 Å². The van der Waals surface area contributed by atoms with Crippen LogP contribution in [-0.4, -0.2) is 97.9 Å². The van der Waals surface area contributed by atoms with Crippen LogP contribution in [0.1, 0.15) is 17.5 Å². The molecule has 0 saturated heterocycles. The zero-order valence-electron chi connectivity index (χ0n) is 23.3. The minimum Gasteiger partial charge on any atom is -0.496 e. The van der Waals surface area contributed by atoms with Gasteiger partial charge in [-0.15, -0.1) is 0 Å². The molecule has 12 heteroatoms. The third kappa shape index (κ3) is 8.32. The van der Waals surface area contributed by atoms with Gasteiger partial charge in [0.2, 0.25) is 11.8 Å². The summed E-state index contributed by atoms with van der Waals surface area (Å²) in [5.41, 5.74) is 1.79. The average Bonchev–Trinajstić information content (AvgIpc) is 2.98. The second-order valence-electron chi connectivity index (χ2n) is 9.37. The molecule has 0 saturated carbocycles. The van der Waals surface area contributed by atoms with E-state index in [9.17, 15) is 24.9 Å². The molecule has 0 spiro atoms. The first kappa shape index (κ1) is 32.6. The van der Waals surface area contributed by atoms with Crippen LogP contribution in [-0.2, 0) is 27.4 Å². The summed E-state index contributed by atoms with van der Waals surface area (Å²) in [5, 5.41) is 33.1. The highest BCUT2D eigenvalue weighted by Gasteiger charge is 2.41. The lowest BCUT2D eigenvalue weighted by molar-refractivity contribution is -0.142. The fourth-order valence-corrected chi connectivity index (χ4v) is 5.52. The van der Waals surface area contributed by atoms with E-state index in [1.54, 1.807) is 19.2 Å². The molecule has 3 rings (SSSR count). The summed E-state index contributed by atoms with van der Waals surface area (Å²) in [5.74, 6) is 0.546. The van der Waals surface area contributed by atoms with Crippen LogP contribution in [0, 0.1) is 3.57 Å². The first-order chi connectivity index (χ1) is 19.8. The molecule has 0 aliphatic heterocycles. The number of aliphatic hydroxyl groups is 3. The number of ether oxygens (including phenoxy) is 4. The summed E-state index contributed by atoms with van der Waals surface area (Å²) >= 11 is 2.05. The normalized spacial score (nSPS) is 18.3. The number of carbonyl (C=O) groups is 2. The fraction of sp³-hybridized carbons (Fsp3) is 0.448. The third-order valence-corrected chi connectivity index (χ3v) is 7.54. The van der Waals surface area contributed by atoms with Crippen LogP contribution < -0.4 is 19.5 Å². The Morgan fingerprint density at radius 1 is 1.10 bits per heavy atom. The molecule has 2 amide bonds. The van der Waals surface area contributed by atoms with Gasteiger partial charge in [0.15, 0.2) is 11.5 Å². The maximum absolute atomic E-state index is 13.3. The van der Waals surface area contributed by atoms with Gasteiger partial charge in [-0.3, -0.25) is 9.59 Å². The van der Waals surface area contributed by atoms with Crippen LogP contribution in [0.2, 0.25) is 0 Å². The predicted octanol–water partition coefficient (Wildman–Crippen LogP) is 1.43. The molecule has 41 heavy (non-hydrogen) atoms. The van der Waals surface area contributed by atoms with E-state index in [2.05, 4.69) is 5.32 Å². The number of hydrogen-bond acceptors (Lipinski definition) is 9.